The lowest BCUT2D eigenvalue weighted by molar-refractivity contribution is -0.144. The van der Waals surface area contributed by atoms with Crippen molar-refractivity contribution >= 4 is 23.5 Å². The van der Waals surface area contributed by atoms with E-state index in [0.29, 0.717) is 44.5 Å². The number of benzene rings is 1. The van der Waals surface area contributed by atoms with Crippen molar-refractivity contribution in [3.63, 3.8) is 0 Å². The number of likely N-dealkylation sites (N-methyl/N-ethyl adjacent to an activating group) is 1. The number of ether oxygens (including phenoxy) is 1. The number of rotatable bonds is 6. The van der Waals surface area contributed by atoms with Gasteiger partial charge in [0, 0.05) is 37.3 Å². The molecule has 42 heavy (non-hydrogen) atoms. The highest BCUT2D eigenvalue weighted by atomic mass is 32.2. The molecule has 6 unspecified atom stereocenters. The van der Waals surface area contributed by atoms with Crippen LogP contribution in [0.2, 0.25) is 0 Å². The fraction of sp³-hybridized carbons (Fsp3) is 0.645. The summed E-state index contributed by atoms with van der Waals surface area (Å²) < 4.78 is 19.8. The van der Waals surface area contributed by atoms with E-state index in [9.17, 15) is 19.2 Å². The molecule has 0 bridgehead atoms. The second-order valence-corrected chi connectivity index (χ2v) is 13.8. The molecule has 3 saturated heterocycles. The molecule has 1 spiro atoms. The molecule has 11 heteroatoms. The van der Waals surface area contributed by atoms with Gasteiger partial charge in [0.05, 0.1) is 42.1 Å². The predicted molar refractivity (Wildman–Crippen MR) is 159 cm³/mol. The van der Waals surface area contributed by atoms with Crippen LogP contribution in [0.4, 0.5) is 4.39 Å². The number of nitriles is 1. The van der Waals surface area contributed by atoms with Crippen molar-refractivity contribution in [2.45, 2.75) is 79.7 Å². The van der Waals surface area contributed by atoms with Crippen molar-refractivity contribution < 1.29 is 18.7 Å². The van der Waals surface area contributed by atoms with Crippen molar-refractivity contribution in [1.82, 2.24) is 25.3 Å². The summed E-state index contributed by atoms with van der Waals surface area (Å²) in [6.45, 7) is 6.94. The van der Waals surface area contributed by atoms with Crippen LogP contribution in [-0.4, -0.2) is 102 Å². The van der Waals surface area contributed by atoms with Gasteiger partial charge in [-0.3, -0.25) is 25.1 Å². The highest BCUT2D eigenvalue weighted by Crippen LogP contribution is 2.48. The average Bonchev–Trinajstić information content (AvgIpc) is 3.42. The lowest BCUT2D eigenvalue weighted by Crippen LogP contribution is -2.75. The Bertz CT molecular complexity index is 1260. The average molecular weight is 597 g/mol. The Hall–Kier alpha value is -2.33. The van der Waals surface area contributed by atoms with Gasteiger partial charge in [0.15, 0.2) is 12.1 Å². The van der Waals surface area contributed by atoms with Crippen LogP contribution in [0.5, 0.6) is 0 Å². The first-order valence-corrected chi connectivity index (χ1v) is 16.1. The minimum absolute atomic E-state index is 0.0109. The molecule has 1 aromatic carbocycles. The van der Waals surface area contributed by atoms with Gasteiger partial charge >= 0.3 is 0 Å². The lowest BCUT2D eigenvalue weighted by atomic mass is 9.71. The Morgan fingerprint density at radius 2 is 2.12 bits per heavy atom. The maximum atomic E-state index is 14.5. The number of ketones is 1. The van der Waals surface area contributed by atoms with E-state index < -0.39 is 17.1 Å². The monoisotopic (exact) mass is 596 g/mol. The van der Waals surface area contributed by atoms with Gasteiger partial charge in [-0.05, 0) is 75.0 Å². The number of piperazine rings is 1. The second kappa shape index (κ2) is 12.3. The summed E-state index contributed by atoms with van der Waals surface area (Å²) in [4.78, 5) is 33.4. The summed E-state index contributed by atoms with van der Waals surface area (Å²) in [6, 6.07) is 6.89. The minimum Gasteiger partial charge on any atom is -0.348 e. The standard InChI is InChI=1S/C31H41FN6O3S/c1-3-26(39)38-14-13-37(17-23(38)9-11-33)29-25-8-10-31(16-20-6-7-22(32)15-21(20)19-42-31)28(40)27(25)34-30(35-29)41-18-24-5-4-12-36(24)2/h3,6-7,15,23-25,27,29-30,34-35H,1,4-5,8-10,12-14,16-19H2,2H3/t23?,24?,25?,27?,29?,30?,31-/m1/s1. The smallest absolute Gasteiger partial charge is 0.246 e. The molecule has 9 nitrogen and oxygen atoms in total. The molecule has 1 amide bonds. The summed E-state index contributed by atoms with van der Waals surface area (Å²) in [5.41, 5.74) is 2.04. The molecule has 2 N–H and O–H groups in total. The number of hydrogen-bond acceptors (Lipinski definition) is 9. The molecule has 1 aliphatic carbocycles. The maximum absolute atomic E-state index is 14.5. The molecule has 4 heterocycles. The molecule has 4 fully saturated rings. The van der Waals surface area contributed by atoms with Gasteiger partial charge in [-0.15, -0.1) is 11.8 Å². The van der Waals surface area contributed by atoms with Crippen molar-refractivity contribution in [2.24, 2.45) is 5.92 Å². The van der Waals surface area contributed by atoms with E-state index >= 15 is 0 Å². The van der Waals surface area contributed by atoms with Gasteiger partial charge in [0.2, 0.25) is 5.91 Å². The van der Waals surface area contributed by atoms with Crippen LogP contribution >= 0.6 is 11.8 Å². The van der Waals surface area contributed by atoms with Gasteiger partial charge in [-0.2, -0.15) is 5.26 Å². The second-order valence-electron chi connectivity index (χ2n) is 12.4. The van der Waals surface area contributed by atoms with Gasteiger partial charge in [0.1, 0.15) is 5.82 Å². The first-order chi connectivity index (χ1) is 20.3. The maximum Gasteiger partial charge on any atom is 0.246 e. The number of Topliss-reactive ketones (excluding diaryl/α,β-unsaturated/α-hetero) is 1. The van der Waals surface area contributed by atoms with Crippen molar-refractivity contribution in [3.8, 4) is 6.07 Å². The highest BCUT2D eigenvalue weighted by Gasteiger charge is 2.55. The SMILES string of the molecule is C=CC(=O)N1CCN(C2NC(OCC3CCCN3C)NC3C(=O)[C@@]4(CCC32)Cc2ccc(F)cc2CS4)CC1CC#N. The zero-order valence-corrected chi connectivity index (χ0v) is 25.1. The fourth-order valence-corrected chi connectivity index (χ4v) is 9.17. The summed E-state index contributed by atoms with van der Waals surface area (Å²) in [6.07, 6.45) is 5.37. The third kappa shape index (κ3) is 5.65. The number of amides is 1. The summed E-state index contributed by atoms with van der Waals surface area (Å²) in [7, 11) is 2.12. The number of nitrogens with one attached hydrogen (secondary N) is 2. The van der Waals surface area contributed by atoms with Gasteiger partial charge < -0.3 is 14.5 Å². The summed E-state index contributed by atoms with van der Waals surface area (Å²) in [5, 5.41) is 16.8. The van der Waals surface area contributed by atoms with Gasteiger partial charge in [-0.1, -0.05) is 12.6 Å². The molecule has 7 atom stereocenters. The van der Waals surface area contributed by atoms with Crippen LogP contribution in [0.3, 0.4) is 0 Å². The van der Waals surface area contributed by atoms with Crippen LogP contribution in [-0.2, 0) is 26.5 Å². The van der Waals surface area contributed by atoms with Crippen LogP contribution < -0.4 is 10.6 Å². The third-order valence-electron chi connectivity index (χ3n) is 10.1. The van der Waals surface area contributed by atoms with Crippen LogP contribution in [0.15, 0.2) is 30.9 Å². The van der Waals surface area contributed by atoms with Gasteiger partial charge in [-0.25, -0.2) is 4.39 Å². The first-order valence-electron chi connectivity index (χ1n) is 15.2. The minimum atomic E-state index is -0.546. The molecule has 226 valence electrons. The molecular formula is C31H41FN6O3S. The Morgan fingerprint density at radius 3 is 2.88 bits per heavy atom. The molecule has 0 radical (unpaired) electrons. The lowest BCUT2D eigenvalue weighted by Gasteiger charge is -2.55. The fourth-order valence-electron chi connectivity index (χ4n) is 7.68. The van der Waals surface area contributed by atoms with E-state index in [-0.39, 0.29) is 42.1 Å². The van der Waals surface area contributed by atoms with E-state index in [4.69, 9.17) is 4.74 Å². The van der Waals surface area contributed by atoms with Crippen LogP contribution in [0.1, 0.15) is 43.2 Å². The number of nitrogens with zero attached hydrogens (tertiary/aromatic N) is 4. The number of thioether (sulfide) groups is 1. The first kappa shape index (κ1) is 29.7. The Labute approximate surface area is 251 Å². The number of fused-ring (bicyclic) bond motifs is 2. The zero-order chi connectivity index (χ0) is 29.4. The largest absolute Gasteiger partial charge is 0.348 e. The van der Waals surface area contributed by atoms with E-state index in [1.54, 1.807) is 22.7 Å². The highest BCUT2D eigenvalue weighted by molar-refractivity contribution is 8.00. The van der Waals surface area contributed by atoms with Crippen LogP contribution in [0, 0.1) is 23.1 Å². The van der Waals surface area contributed by atoms with Gasteiger partial charge in [0.25, 0.3) is 0 Å². The normalized spacial score (nSPS) is 35.5. The molecular weight excluding hydrogens is 555 g/mol. The van der Waals surface area contributed by atoms with E-state index in [0.717, 1.165) is 43.4 Å². The molecule has 1 aromatic rings. The van der Waals surface area contributed by atoms with E-state index in [1.807, 2.05) is 6.07 Å². The zero-order valence-electron chi connectivity index (χ0n) is 24.3. The molecule has 6 rings (SSSR count). The topological polar surface area (TPSA) is 101 Å². The molecule has 5 aliphatic rings. The Morgan fingerprint density at radius 1 is 1.26 bits per heavy atom. The van der Waals surface area contributed by atoms with Crippen LogP contribution in [0.25, 0.3) is 0 Å². The molecule has 4 aliphatic heterocycles. The number of hydrogen-bond donors (Lipinski definition) is 2. The van der Waals surface area contributed by atoms with Crippen molar-refractivity contribution in [2.75, 3.05) is 39.8 Å². The molecule has 0 aromatic heterocycles. The Balaban J connectivity index is 1.24. The number of likely N-dealkylation sites (tertiary alicyclic amines) is 1. The summed E-state index contributed by atoms with van der Waals surface area (Å²) >= 11 is 1.66. The number of halogens is 1. The Kier molecular flexibility index (Phi) is 8.74. The van der Waals surface area contributed by atoms with Crippen molar-refractivity contribution in [3.05, 3.63) is 47.8 Å². The summed E-state index contributed by atoms with van der Waals surface area (Å²) in [5.74, 6) is 0.446. The van der Waals surface area contributed by atoms with E-state index in [2.05, 4.69) is 40.1 Å². The molecule has 1 saturated carbocycles. The third-order valence-corrected chi connectivity index (χ3v) is 11.6. The van der Waals surface area contributed by atoms with E-state index in [1.165, 1.54) is 12.1 Å². The number of carbonyl (C=O) groups excluding carboxylic acids is 2. The quantitative estimate of drug-likeness (QED) is 0.479. The van der Waals surface area contributed by atoms with Crippen molar-refractivity contribution in [1.29, 1.82) is 5.26 Å². The predicted octanol–water partition coefficient (Wildman–Crippen LogP) is 2.23. The number of carbonyl (C=O) groups is 2.